The molecule has 1 heterocycles. The van der Waals surface area contributed by atoms with E-state index in [-0.39, 0.29) is 11.6 Å². The molecule has 0 aromatic heterocycles. The number of carbonyl (C=O) groups excluding carboxylic acids is 1. The molecule has 6 heteroatoms. The number of aliphatic imine (C=N–C) groups is 1. The van der Waals surface area contributed by atoms with E-state index < -0.39 is 11.8 Å². The highest BCUT2D eigenvalue weighted by molar-refractivity contribution is 6.31. The van der Waals surface area contributed by atoms with Crippen molar-refractivity contribution < 1.29 is 18.7 Å². The number of cyclic esters (lactones) is 1. The second-order valence-corrected chi connectivity index (χ2v) is 5.17. The fraction of sp³-hybridized carbons (Fsp3) is 0.0588. The molecule has 0 saturated heterocycles. The van der Waals surface area contributed by atoms with Crippen molar-refractivity contribution in [1.82, 2.24) is 0 Å². The molecule has 0 aliphatic carbocycles. The molecule has 116 valence electrons. The molecule has 0 spiro atoms. The van der Waals surface area contributed by atoms with Crippen LogP contribution in [0.3, 0.4) is 0 Å². The van der Waals surface area contributed by atoms with Crippen LogP contribution in [0.15, 0.2) is 53.2 Å². The van der Waals surface area contributed by atoms with Crippen LogP contribution in [0.25, 0.3) is 6.08 Å². The number of hydrogen-bond donors (Lipinski definition) is 0. The third-order valence-corrected chi connectivity index (χ3v) is 3.40. The fourth-order valence-corrected chi connectivity index (χ4v) is 2.30. The van der Waals surface area contributed by atoms with Crippen LogP contribution < -0.4 is 4.74 Å². The summed E-state index contributed by atoms with van der Waals surface area (Å²) in [6.45, 7) is 0. The lowest BCUT2D eigenvalue weighted by Crippen LogP contribution is -2.07. The Morgan fingerprint density at radius 2 is 2.09 bits per heavy atom. The molecule has 1 aliphatic heterocycles. The first-order valence-corrected chi connectivity index (χ1v) is 7.06. The molecule has 0 amide bonds. The van der Waals surface area contributed by atoms with Crippen molar-refractivity contribution in [2.24, 2.45) is 4.99 Å². The zero-order valence-electron chi connectivity index (χ0n) is 12.0. The summed E-state index contributed by atoms with van der Waals surface area (Å²) in [7, 11) is 1.49. The highest BCUT2D eigenvalue weighted by Crippen LogP contribution is 2.27. The Balaban J connectivity index is 2.00. The van der Waals surface area contributed by atoms with Crippen molar-refractivity contribution in [2.45, 2.75) is 0 Å². The van der Waals surface area contributed by atoms with Crippen molar-refractivity contribution in [3.05, 3.63) is 70.1 Å². The van der Waals surface area contributed by atoms with Gasteiger partial charge in [-0.05, 0) is 42.0 Å². The van der Waals surface area contributed by atoms with Crippen LogP contribution in [0.5, 0.6) is 5.75 Å². The number of esters is 1. The van der Waals surface area contributed by atoms with E-state index in [4.69, 9.17) is 21.1 Å². The minimum absolute atomic E-state index is 0.0765. The first-order chi connectivity index (χ1) is 11.1. The minimum atomic E-state index is -0.619. The summed E-state index contributed by atoms with van der Waals surface area (Å²) in [5.41, 5.74) is 1.06. The van der Waals surface area contributed by atoms with Gasteiger partial charge in [-0.1, -0.05) is 23.7 Å². The van der Waals surface area contributed by atoms with E-state index in [1.165, 1.54) is 25.3 Å². The van der Waals surface area contributed by atoms with E-state index in [1.54, 1.807) is 30.3 Å². The number of ether oxygens (including phenoxy) is 2. The van der Waals surface area contributed by atoms with Gasteiger partial charge in [0.1, 0.15) is 11.6 Å². The van der Waals surface area contributed by atoms with Crippen molar-refractivity contribution in [3.63, 3.8) is 0 Å². The molecular weight excluding hydrogens is 321 g/mol. The highest BCUT2D eigenvalue weighted by Gasteiger charge is 2.26. The molecule has 0 fully saturated rings. The average molecular weight is 332 g/mol. The van der Waals surface area contributed by atoms with Gasteiger partial charge in [0.25, 0.3) is 0 Å². The SMILES string of the molecule is COc1ccc(Cl)cc1C1=NC(=Cc2cccc(F)c2)C(=O)O1. The Hall–Kier alpha value is -2.66. The predicted octanol–water partition coefficient (Wildman–Crippen LogP) is 3.83. The van der Waals surface area contributed by atoms with E-state index >= 15 is 0 Å². The highest BCUT2D eigenvalue weighted by atomic mass is 35.5. The molecule has 0 bridgehead atoms. The van der Waals surface area contributed by atoms with E-state index in [9.17, 15) is 9.18 Å². The third-order valence-electron chi connectivity index (χ3n) is 3.16. The molecule has 1 aliphatic rings. The van der Waals surface area contributed by atoms with E-state index in [2.05, 4.69) is 4.99 Å². The first kappa shape index (κ1) is 15.2. The van der Waals surface area contributed by atoms with Crippen LogP contribution in [-0.4, -0.2) is 19.0 Å². The van der Waals surface area contributed by atoms with Crippen molar-refractivity contribution in [1.29, 1.82) is 0 Å². The Kier molecular flexibility index (Phi) is 4.12. The maximum Gasteiger partial charge on any atom is 0.363 e. The van der Waals surface area contributed by atoms with Crippen LogP contribution in [0, 0.1) is 5.82 Å². The smallest absolute Gasteiger partial charge is 0.363 e. The summed E-state index contributed by atoms with van der Waals surface area (Å²) < 4.78 is 23.6. The zero-order valence-corrected chi connectivity index (χ0v) is 12.8. The van der Waals surface area contributed by atoms with Gasteiger partial charge < -0.3 is 9.47 Å². The first-order valence-electron chi connectivity index (χ1n) is 6.69. The van der Waals surface area contributed by atoms with Gasteiger partial charge in [-0.2, -0.15) is 0 Å². The molecular formula is C17H11ClFNO3. The Labute approximate surface area is 136 Å². The lowest BCUT2D eigenvalue weighted by Gasteiger charge is -2.07. The molecule has 2 aromatic rings. The lowest BCUT2D eigenvalue weighted by molar-refractivity contribution is -0.129. The van der Waals surface area contributed by atoms with Gasteiger partial charge in [-0.25, -0.2) is 14.2 Å². The molecule has 0 unspecified atom stereocenters. The monoisotopic (exact) mass is 331 g/mol. The molecule has 3 rings (SSSR count). The summed E-state index contributed by atoms with van der Waals surface area (Å²) in [6.07, 6.45) is 1.45. The molecule has 2 aromatic carbocycles. The van der Waals surface area contributed by atoms with Gasteiger partial charge in [0, 0.05) is 5.02 Å². The predicted molar refractivity (Wildman–Crippen MR) is 85.0 cm³/mol. The van der Waals surface area contributed by atoms with Gasteiger partial charge in [-0.15, -0.1) is 0 Å². The lowest BCUT2D eigenvalue weighted by atomic mass is 10.2. The summed E-state index contributed by atoms with van der Waals surface area (Å²) in [4.78, 5) is 16.1. The topological polar surface area (TPSA) is 47.9 Å². The number of nitrogens with zero attached hydrogens (tertiary/aromatic N) is 1. The standard InChI is InChI=1S/C17H11ClFNO3/c1-22-15-6-5-11(18)9-13(15)16-20-14(17(21)23-16)8-10-3-2-4-12(19)7-10/h2-9H,1H3. The fourth-order valence-electron chi connectivity index (χ4n) is 2.13. The Bertz CT molecular complexity index is 845. The normalized spacial score (nSPS) is 15.5. The minimum Gasteiger partial charge on any atom is -0.496 e. The van der Waals surface area contributed by atoms with Crippen LogP contribution in [0.2, 0.25) is 5.02 Å². The van der Waals surface area contributed by atoms with Gasteiger partial charge in [0.05, 0.1) is 12.7 Å². The van der Waals surface area contributed by atoms with Crippen molar-refractivity contribution in [2.75, 3.05) is 7.11 Å². The van der Waals surface area contributed by atoms with Crippen molar-refractivity contribution >= 4 is 29.5 Å². The van der Waals surface area contributed by atoms with E-state index in [0.29, 0.717) is 21.9 Å². The van der Waals surface area contributed by atoms with Gasteiger partial charge in [0.2, 0.25) is 5.90 Å². The van der Waals surface area contributed by atoms with Crippen LogP contribution >= 0.6 is 11.6 Å². The van der Waals surface area contributed by atoms with Crippen LogP contribution in [0.4, 0.5) is 4.39 Å². The molecule has 23 heavy (non-hydrogen) atoms. The molecule has 0 atom stereocenters. The molecule has 0 N–H and O–H groups in total. The van der Waals surface area contributed by atoms with E-state index in [0.717, 1.165) is 0 Å². The van der Waals surface area contributed by atoms with Gasteiger partial charge in [0.15, 0.2) is 5.70 Å². The number of halogens is 2. The van der Waals surface area contributed by atoms with Crippen LogP contribution in [0.1, 0.15) is 11.1 Å². The molecule has 4 nitrogen and oxygen atoms in total. The second-order valence-electron chi connectivity index (χ2n) is 4.74. The third kappa shape index (κ3) is 3.24. The zero-order chi connectivity index (χ0) is 16.4. The number of methoxy groups -OCH3 is 1. The van der Waals surface area contributed by atoms with Gasteiger partial charge in [-0.3, -0.25) is 0 Å². The quantitative estimate of drug-likeness (QED) is 0.634. The van der Waals surface area contributed by atoms with Gasteiger partial charge >= 0.3 is 5.97 Å². The summed E-state index contributed by atoms with van der Waals surface area (Å²) in [6, 6.07) is 10.7. The maximum absolute atomic E-state index is 13.2. The summed E-state index contributed by atoms with van der Waals surface area (Å²) in [5, 5.41) is 0.460. The number of benzene rings is 2. The average Bonchev–Trinajstić information content (AvgIpc) is 2.88. The van der Waals surface area contributed by atoms with Crippen LogP contribution in [-0.2, 0) is 9.53 Å². The van der Waals surface area contributed by atoms with Crippen molar-refractivity contribution in [3.8, 4) is 5.75 Å². The summed E-state index contributed by atoms with van der Waals surface area (Å²) in [5.74, 6) is -0.442. The second kappa shape index (κ2) is 6.22. The Morgan fingerprint density at radius 1 is 1.26 bits per heavy atom. The number of hydrogen-bond acceptors (Lipinski definition) is 4. The molecule has 0 radical (unpaired) electrons. The van der Waals surface area contributed by atoms with E-state index in [1.807, 2.05) is 0 Å². The Morgan fingerprint density at radius 3 is 2.83 bits per heavy atom. The number of carbonyl (C=O) groups is 1. The largest absolute Gasteiger partial charge is 0.496 e. The molecule has 0 saturated carbocycles. The summed E-state index contributed by atoms with van der Waals surface area (Å²) >= 11 is 5.96. The number of rotatable bonds is 3. The maximum atomic E-state index is 13.2.